The second-order valence-corrected chi connectivity index (χ2v) is 6.94. The van der Waals surface area contributed by atoms with Gasteiger partial charge >= 0.3 is 0 Å². The van der Waals surface area contributed by atoms with Gasteiger partial charge in [0, 0.05) is 24.8 Å². The molecule has 0 unspecified atom stereocenters. The Balaban J connectivity index is 1.69. The molecule has 0 spiro atoms. The van der Waals surface area contributed by atoms with Crippen LogP contribution in [-0.4, -0.2) is 38.7 Å². The Bertz CT molecular complexity index is 841. The molecule has 1 aliphatic heterocycles. The monoisotopic (exact) mass is 322 g/mol. The molecular formula is C19H22N4O. The van der Waals surface area contributed by atoms with Gasteiger partial charge in [-0.05, 0) is 50.5 Å². The van der Waals surface area contributed by atoms with E-state index < -0.39 is 5.60 Å². The SMILES string of the molecule is Cc1cnc(N2CCC(C)(O)CC2)cc1-c1nc2ccccc2[nH]1. The van der Waals surface area contributed by atoms with E-state index in [1.54, 1.807) is 0 Å². The molecule has 5 heteroatoms. The summed E-state index contributed by atoms with van der Waals surface area (Å²) < 4.78 is 0. The van der Waals surface area contributed by atoms with Gasteiger partial charge in [0.25, 0.3) is 0 Å². The lowest BCUT2D eigenvalue weighted by molar-refractivity contribution is 0.0350. The fourth-order valence-electron chi connectivity index (χ4n) is 3.24. The topological polar surface area (TPSA) is 65.0 Å². The third kappa shape index (κ3) is 2.76. The summed E-state index contributed by atoms with van der Waals surface area (Å²) in [6.45, 7) is 5.61. The Morgan fingerprint density at radius 1 is 1.21 bits per heavy atom. The van der Waals surface area contributed by atoms with E-state index >= 15 is 0 Å². The highest BCUT2D eigenvalue weighted by atomic mass is 16.3. The van der Waals surface area contributed by atoms with E-state index in [4.69, 9.17) is 4.98 Å². The lowest BCUT2D eigenvalue weighted by Crippen LogP contribution is -2.42. The summed E-state index contributed by atoms with van der Waals surface area (Å²) in [6.07, 6.45) is 3.44. The Kier molecular flexibility index (Phi) is 3.53. The second kappa shape index (κ2) is 5.60. The van der Waals surface area contributed by atoms with Crippen LogP contribution in [0.15, 0.2) is 36.5 Å². The molecule has 3 heterocycles. The number of aryl methyl sites for hydroxylation is 1. The van der Waals surface area contributed by atoms with Gasteiger partial charge < -0.3 is 15.0 Å². The van der Waals surface area contributed by atoms with E-state index in [1.807, 2.05) is 37.4 Å². The van der Waals surface area contributed by atoms with Crippen LogP contribution in [0.4, 0.5) is 5.82 Å². The third-order valence-corrected chi connectivity index (χ3v) is 4.90. The minimum atomic E-state index is -0.553. The zero-order valence-corrected chi connectivity index (χ0v) is 14.1. The number of pyridine rings is 1. The standard InChI is InChI=1S/C19H22N4O/c1-13-12-20-17(23-9-7-19(2,24)8-10-23)11-14(13)18-21-15-5-3-4-6-16(15)22-18/h3-6,11-12,24H,7-10H2,1-2H3,(H,21,22). The number of rotatable bonds is 2. The number of nitrogens with one attached hydrogen (secondary N) is 1. The summed E-state index contributed by atoms with van der Waals surface area (Å²) in [5, 5.41) is 10.1. The number of aromatic nitrogens is 3. The first-order valence-electron chi connectivity index (χ1n) is 8.41. The molecule has 1 aliphatic rings. The van der Waals surface area contributed by atoms with Crippen molar-refractivity contribution in [1.29, 1.82) is 0 Å². The van der Waals surface area contributed by atoms with E-state index in [0.717, 1.165) is 59.7 Å². The van der Waals surface area contributed by atoms with Crippen LogP contribution in [0.5, 0.6) is 0 Å². The number of aliphatic hydroxyl groups is 1. The predicted molar refractivity (Wildman–Crippen MR) is 96.1 cm³/mol. The number of para-hydroxylation sites is 2. The Morgan fingerprint density at radius 3 is 2.71 bits per heavy atom. The summed E-state index contributed by atoms with van der Waals surface area (Å²) >= 11 is 0. The number of imidazole rings is 1. The van der Waals surface area contributed by atoms with Gasteiger partial charge in [-0.25, -0.2) is 9.97 Å². The highest BCUT2D eigenvalue weighted by Gasteiger charge is 2.28. The quantitative estimate of drug-likeness (QED) is 0.760. The average Bonchev–Trinajstić information content (AvgIpc) is 2.99. The Labute approximate surface area is 141 Å². The number of hydrogen-bond acceptors (Lipinski definition) is 4. The fourth-order valence-corrected chi connectivity index (χ4v) is 3.24. The number of nitrogens with zero attached hydrogens (tertiary/aromatic N) is 3. The van der Waals surface area contributed by atoms with E-state index in [1.165, 1.54) is 0 Å². The molecule has 5 nitrogen and oxygen atoms in total. The molecule has 0 amide bonds. The number of fused-ring (bicyclic) bond motifs is 1. The highest BCUT2D eigenvalue weighted by Crippen LogP contribution is 2.29. The van der Waals surface area contributed by atoms with Crippen LogP contribution in [-0.2, 0) is 0 Å². The van der Waals surface area contributed by atoms with Gasteiger partial charge in [0.15, 0.2) is 0 Å². The van der Waals surface area contributed by atoms with Crippen LogP contribution >= 0.6 is 0 Å². The molecule has 2 aromatic heterocycles. The van der Waals surface area contributed by atoms with Crippen molar-refractivity contribution in [1.82, 2.24) is 15.0 Å². The van der Waals surface area contributed by atoms with E-state index in [9.17, 15) is 5.11 Å². The van der Waals surface area contributed by atoms with Crippen LogP contribution < -0.4 is 4.90 Å². The van der Waals surface area contributed by atoms with Crippen LogP contribution in [0.3, 0.4) is 0 Å². The van der Waals surface area contributed by atoms with E-state index in [0.29, 0.717) is 0 Å². The number of hydrogen-bond donors (Lipinski definition) is 2. The summed E-state index contributed by atoms with van der Waals surface area (Å²) in [7, 11) is 0. The maximum absolute atomic E-state index is 10.1. The van der Waals surface area contributed by atoms with Crippen molar-refractivity contribution < 1.29 is 5.11 Å². The van der Waals surface area contributed by atoms with Crippen molar-refractivity contribution in [3.8, 4) is 11.4 Å². The molecule has 0 bridgehead atoms. The van der Waals surface area contributed by atoms with Crippen molar-refractivity contribution >= 4 is 16.9 Å². The number of piperidine rings is 1. The van der Waals surface area contributed by atoms with Gasteiger partial charge in [-0.3, -0.25) is 0 Å². The van der Waals surface area contributed by atoms with Crippen molar-refractivity contribution in [2.75, 3.05) is 18.0 Å². The molecule has 0 aliphatic carbocycles. The van der Waals surface area contributed by atoms with Crippen LogP contribution in [0, 0.1) is 6.92 Å². The van der Waals surface area contributed by atoms with Crippen molar-refractivity contribution in [3.05, 3.63) is 42.1 Å². The van der Waals surface area contributed by atoms with Crippen LogP contribution in [0.2, 0.25) is 0 Å². The van der Waals surface area contributed by atoms with Crippen molar-refractivity contribution in [2.24, 2.45) is 0 Å². The van der Waals surface area contributed by atoms with Gasteiger partial charge in [-0.15, -0.1) is 0 Å². The molecule has 24 heavy (non-hydrogen) atoms. The minimum Gasteiger partial charge on any atom is -0.390 e. The van der Waals surface area contributed by atoms with Gasteiger partial charge in [-0.1, -0.05) is 12.1 Å². The maximum Gasteiger partial charge on any atom is 0.138 e. The average molecular weight is 322 g/mol. The zero-order valence-electron chi connectivity index (χ0n) is 14.1. The van der Waals surface area contributed by atoms with Crippen LogP contribution in [0.25, 0.3) is 22.4 Å². The molecule has 2 N–H and O–H groups in total. The summed E-state index contributed by atoms with van der Waals surface area (Å²) in [4.78, 5) is 14.9. The second-order valence-electron chi connectivity index (χ2n) is 6.94. The maximum atomic E-state index is 10.1. The molecule has 0 radical (unpaired) electrons. The van der Waals surface area contributed by atoms with Gasteiger partial charge in [0.05, 0.1) is 16.6 Å². The summed E-state index contributed by atoms with van der Waals surface area (Å²) in [5.74, 6) is 1.83. The predicted octanol–water partition coefficient (Wildman–Crippen LogP) is 3.28. The third-order valence-electron chi connectivity index (χ3n) is 4.90. The molecule has 1 aromatic carbocycles. The van der Waals surface area contributed by atoms with Gasteiger partial charge in [0.1, 0.15) is 11.6 Å². The first-order chi connectivity index (χ1) is 11.5. The first-order valence-corrected chi connectivity index (χ1v) is 8.41. The number of anilines is 1. The fraction of sp³-hybridized carbons (Fsp3) is 0.368. The molecule has 0 atom stereocenters. The van der Waals surface area contributed by atoms with Gasteiger partial charge in [-0.2, -0.15) is 0 Å². The van der Waals surface area contributed by atoms with Crippen molar-refractivity contribution in [3.63, 3.8) is 0 Å². The minimum absolute atomic E-state index is 0.553. The zero-order chi connectivity index (χ0) is 16.7. The molecule has 1 fully saturated rings. The molecule has 124 valence electrons. The Morgan fingerprint density at radius 2 is 1.96 bits per heavy atom. The number of H-pyrrole nitrogens is 1. The molecule has 0 saturated carbocycles. The lowest BCUT2D eigenvalue weighted by Gasteiger charge is -2.36. The molecule has 4 rings (SSSR count). The smallest absolute Gasteiger partial charge is 0.138 e. The molecular weight excluding hydrogens is 300 g/mol. The largest absolute Gasteiger partial charge is 0.390 e. The lowest BCUT2D eigenvalue weighted by atomic mass is 9.94. The molecule has 1 saturated heterocycles. The number of benzene rings is 1. The first kappa shape index (κ1) is 15.1. The number of aromatic amines is 1. The molecule has 3 aromatic rings. The van der Waals surface area contributed by atoms with E-state index in [-0.39, 0.29) is 0 Å². The Hall–Kier alpha value is -2.40. The van der Waals surface area contributed by atoms with Crippen molar-refractivity contribution in [2.45, 2.75) is 32.3 Å². The summed E-state index contributed by atoms with van der Waals surface area (Å²) in [6, 6.07) is 10.2. The van der Waals surface area contributed by atoms with Crippen LogP contribution in [0.1, 0.15) is 25.3 Å². The normalized spacial score (nSPS) is 17.4. The highest BCUT2D eigenvalue weighted by molar-refractivity contribution is 5.80. The summed E-state index contributed by atoms with van der Waals surface area (Å²) in [5.41, 5.74) is 3.64. The van der Waals surface area contributed by atoms with Gasteiger partial charge in [0.2, 0.25) is 0 Å². The van der Waals surface area contributed by atoms with E-state index in [2.05, 4.69) is 27.9 Å².